The molecule has 2 heterocycles. The van der Waals surface area contributed by atoms with Crippen molar-refractivity contribution >= 4 is 17.0 Å². The van der Waals surface area contributed by atoms with Crippen molar-refractivity contribution in [2.45, 2.75) is 51.5 Å². The van der Waals surface area contributed by atoms with Gasteiger partial charge in [-0.1, -0.05) is 25.0 Å². The first-order chi connectivity index (χ1) is 14.1. The lowest BCUT2D eigenvalue weighted by Gasteiger charge is -2.25. The Hall–Kier alpha value is -2.69. The molecule has 0 N–H and O–H groups in total. The van der Waals surface area contributed by atoms with Crippen LogP contribution in [-0.4, -0.2) is 22.3 Å². The SMILES string of the molecule is Cc1cc(-c2ccc3oc(C4CCCN4C(=O)C4CCCC4)nc3c2)ccc1F. The van der Waals surface area contributed by atoms with Gasteiger partial charge in [0.2, 0.25) is 11.8 Å². The number of hydrogen-bond donors (Lipinski definition) is 0. The van der Waals surface area contributed by atoms with Crippen LogP contribution in [-0.2, 0) is 4.79 Å². The van der Waals surface area contributed by atoms with Crippen LogP contribution in [0, 0.1) is 18.7 Å². The number of likely N-dealkylation sites (tertiary alicyclic amines) is 1. The number of rotatable bonds is 3. The summed E-state index contributed by atoms with van der Waals surface area (Å²) in [4.78, 5) is 19.7. The third-order valence-corrected chi connectivity index (χ3v) is 6.42. The van der Waals surface area contributed by atoms with Crippen LogP contribution in [0.2, 0.25) is 0 Å². The van der Waals surface area contributed by atoms with Crippen molar-refractivity contribution in [2.24, 2.45) is 5.92 Å². The fourth-order valence-corrected chi connectivity index (χ4v) is 4.79. The minimum absolute atomic E-state index is 0.0629. The average molecular weight is 392 g/mol. The standard InChI is InChI=1S/C24H25FN2O2/c1-15-13-17(8-10-19(15)25)18-9-11-22-20(14-18)26-23(29-22)21-7-4-12-27(21)24(28)16-5-2-3-6-16/h8-11,13-14,16,21H,2-7,12H2,1H3. The molecular formula is C24H25FN2O2. The number of oxazole rings is 1. The van der Waals surface area contributed by atoms with Crippen molar-refractivity contribution in [3.05, 3.63) is 53.7 Å². The molecule has 1 aliphatic heterocycles. The maximum Gasteiger partial charge on any atom is 0.226 e. The Labute approximate surface area is 169 Å². The van der Waals surface area contributed by atoms with Gasteiger partial charge in [0.05, 0.1) is 0 Å². The second-order valence-electron chi connectivity index (χ2n) is 8.37. The van der Waals surface area contributed by atoms with Crippen LogP contribution in [0.15, 0.2) is 40.8 Å². The normalized spacial score (nSPS) is 20.1. The molecule has 1 aliphatic carbocycles. The molecule has 3 aromatic rings. The second-order valence-corrected chi connectivity index (χ2v) is 8.37. The lowest BCUT2D eigenvalue weighted by molar-refractivity contribution is -0.136. The zero-order chi connectivity index (χ0) is 20.0. The van der Waals surface area contributed by atoms with E-state index in [0.717, 1.165) is 67.3 Å². The van der Waals surface area contributed by atoms with Crippen LogP contribution in [0.1, 0.15) is 56.0 Å². The molecule has 2 aliphatic rings. The van der Waals surface area contributed by atoms with Gasteiger partial charge in [0.1, 0.15) is 17.4 Å². The van der Waals surface area contributed by atoms with Crippen LogP contribution in [0.25, 0.3) is 22.2 Å². The number of amides is 1. The maximum atomic E-state index is 13.6. The summed E-state index contributed by atoms with van der Waals surface area (Å²) in [6.45, 7) is 2.56. The highest BCUT2D eigenvalue weighted by Crippen LogP contribution is 2.37. The maximum absolute atomic E-state index is 13.6. The van der Waals surface area contributed by atoms with E-state index in [2.05, 4.69) is 0 Å². The first-order valence-electron chi connectivity index (χ1n) is 10.6. The Morgan fingerprint density at radius 1 is 1.07 bits per heavy atom. The topological polar surface area (TPSA) is 46.3 Å². The number of carbonyl (C=O) groups excluding carboxylic acids is 1. The summed E-state index contributed by atoms with van der Waals surface area (Å²) in [6.07, 6.45) is 6.22. The molecule has 0 radical (unpaired) electrons. The third-order valence-electron chi connectivity index (χ3n) is 6.42. The first-order valence-corrected chi connectivity index (χ1v) is 10.6. The highest BCUT2D eigenvalue weighted by Gasteiger charge is 2.37. The molecule has 2 aromatic carbocycles. The van der Waals surface area contributed by atoms with Crippen LogP contribution < -0.4 is 0 Å². The predicted molar refractivity (Wildman–Crippen MR) is 110 cm³/mol. The Kier molecular flexibility index (Phi) is 4.61. The molecule has 1 amide bonds. The van der Waals surface area contributed by atoms with E-state index in [-0.39, 0.29) is 23.7 Å². The Balaban J connectivity index is 1.45. The van der Waals surface area contributed by atoms with Crippen LogP contribution >= 0.6 is 0 Å². The number of hydrogen-bond acceptors (Lipinski definition) is 3. The largest absolute Gasteiger partial charge is 0.438 e. The van der Waals surface area contributed by atoms with Crippen molar-refractivity contribution in [3.63, 3.8) is 0 Å². The molecule has 1 saturated heterocycles. The summed E-state index contributed by atoms with van der Waals surface area (Å²) in [6, 6.07) is 10.9. The van der Waals surface area contributed by atoms with Gasteiger partial charge in [-0.25, -0.2) is 9.37 Å². The van der Waals surface area contributed by atoms with Gasteiger partial charge in [-0.15, -0.1) is 0 Å². The van der Waals surface area contributed by atoms with E-state index in [1.807, 2.05) is 29.2 Å². The molecule has 1 unspecified atom stereocenters. The predicted octanol–water partition coefficient (Wildman–Crippen LogP) is 5.80. The van der Waals surface area contributed by atoms with Crippen LogP contribution in [0.3, 0.4) is 0 Å². The van der Waals surface area contributed by atoms with Gasteiger partial charge in [0.15, 0.2) is 5.58 Å². The smallest absolute Gasteiger partial charge is 0.226 e. The molecule has 0 bridgehead atoms. The van der Waals surface area contributed by atoms with Crippen molar-refractivity contribution in [3.8, 4) is 11.1 Å². The molecule has 2 fully saturated rings. The molecule has 1 atom stereocenters. The number of fused-ring (bicyclic) bond motifs is 1. The molecule has 150 valence electrons. The van der Waals surface area contributed by atoms with E-state index < -0.39 is 0 Å². The average Bonchev–Trinajstić information content (AvgIpc) is 3.48. The van der Waals surface area contributed by atoms with Gasteiger partial charge < -0.3 is 9.32 Å². The van der Waals surface area contributed by atoms with Gasteiger partial charge in [-0.3, -0.25) is 4.79 Å². The van der Waals surface area contributed by atoms with Gasteiger partial charge >= 0.3 is 0 Å². The number of carbonyl (C=O) groups is 1. The molecule has 4 nitrogen and oxygen atoms in total. The third kappa shape index (κ3) is 3.33. The van der Waals surface area contributed by atoms with Gasteiger partial charge in [-0.2, -0.15) is 0 Å². The van der Waals surface area contributed by atoms with Crippen molar-refractivity contribution in [1.82, 2.24) is 9.88 Å². The van der Waals surface area contributed by atoms with Gasteiger partial charge in [-0.05, 0) is 73.6 Å². The summed E-state index contributed by atoms with van der Waals surface area (Å²) in [5.41, 5.74) is 4.05. The van der Waals surface area contributed by atoms with Gasteiger partial charge in [0, 0.05) is 12.5 Å². The number of aromatic nitrogens is 1. The summed E-state index contributed by atoms with van der Waals surface area (Å²) in [5.74, 6) is 0.881. The molecule has 29 heavy (non-hydrogen) atoms. The Morgan fingerprint density at radius 3 is 2.62 bits per heavy atom. The quantitative estimate of drug-likeness (QED) is 0.566. The summed E-state index contributed by atoms with van der Waals surface area (Å²) in [7, 11) is 0. The number of halogens is 1. The molecule has 1 aromatic heterocycles. The fraction of sp³-hybridized carbons (Fsp3) is 0.417. The first kappa shape index (κ1) is 18.3. The molecule has 1 saturated carbocycles. The molecule has 5 heteroatoms. The summed E-state index contributed by atoms with van der Waals surface area (Å²) < 4.78 is 19.7. The summed E-state index contributed by atoms with van der Waals surface area (Å²) >= 11 is 0. The number of aryl methyl sites for hydroxylation is 1. The van der Waals surface area contributed by atoms with Crippen LogP contribution in [0.4, 0.5) is 4.39 Å². The zero-order valence-electron chi connectivity index (χ0n) is 16.7. The van der Waals surface area contributed by atoms with E-state index in [1.165, 1.54) is 6.07 Å². The van der Waals surface area contributed by atoms with E-state index in [1.54, 1.807) is 13.0 Å². The monoisotopic (exact) mass is 392 g/mol. The van der Waals surface area contributed by atoms with Gasteiger partial charge in [0.25, 0.3) is 0 Å². The van der Waals surface area contributed by atoms with E-state index in [0.29, 0.717) is 11.5 Å². The fourth-order valence-electron chi connectivity index (χ4n) is 4.79. The van der Waals surface area contributed by atoms with E-state index >= 15 is 0 Å². The van der Waals surface area contributed by atoms with Crippen LogP contribution in [0.5, 0.6) is 0 Å². The summed E-state index contributed by atoms with van der Waals surface area (Å²) in [5, 5.41) is 0. The van der Waals surface area contributed by atoms with E-state index in [9.17, 15) is 9.18 Å². The minimum atomic E-state index is -0.202. The molecular weight excluding hydrogens is 367 g/mol. The Bertz CT molecular complexity index is 1070. The minimum Gasteiger partial charge on any atom is -0.438 e. The van der Waals surface area contributed by atoms with Crippen molar-refractivity contribution in [2.75, 3.05) is 6.54 Å². The highest BCUT2D eigenvalue weighted by atomic mass is 19.1. The lowest BCUT2D eigenvalue weighted by atomic mass is 10.0. The number of benzene rings is 2. The Morgan fingerprint density at radius 2 is 1.83 bits per heavy atom. The van der Waals surface area contributed by atoms with Crippen molar-refractivity contribution in [1.29, 1.82) is 0 Å². The highest BCUT2D eigenvalue weighted by molar-refractivity contribution is 5.82. The molecule has 5 rings (SSSR count). The molecule has 0 spiro atoms. The number of nitrogens with zero attached hydrogens (tertiary/aromatic N) is 2. The van der Waals surface area contributed by atoms with Crippen molar-refractivity contribution < 1.29 is 13.6 Å². The van der Waals surface area contributed by atoms with E-state index in [4.69, 9.17) is 9.40 Å². The lowest BCUT2D eigenvalue weighted by Crippen LogP contribution is -2.34. The zero-order valence-corrected chi connectivity index (χ0v) is 16.7. The second kappa shape index (κ2) is 7.29.